The smallest absolute Gasteiger partial charge is 0.445 e. The molecule has 0 aromatic heterocycles. The second-order valence-corrected chi connectivity index (χ2v) is 3.06. The van der Waals surface area contributed by atoms with Gasteiger partial charge in [0, 0.05) is 0 Å². The van der Waals surface area contributed by atoms with Crippen LogP contribution in [0.25, 0.3) is 6.08 Å². The van der Waals surface area contributed by atoms with Gasteiger partial charge in [0.2, 0.25) is 0 Å². The Bertz CT molecular complexity index is 359. The van der Waals surface area contributed by atoms with Gasteiger partial charge in [-0.05, 0) is 17.7 Å². The Kier molecular flexibility index (Phi) is 3.21. The van der Waals surface area contributed by atoms with Crippen LogP contribution in [-0.4, -0.2) is 6.98 Å². The average Bonchev–Trinajstić information content (AvgIpc) is 2.00. The van der Waals surface area contributed by atoms with Gasteiger partial charge < -0.3 is 12.9 Å². The maximum atomic E-state index is 12.5. The van der Waals surface area contributed by atoms with Crippen LogP contribution in [0.5, 0.6) is 0 Å². The molecular weight excluding hydrogens is 218 g/mol. The zero-order chi connectivity index (χ0) is 10.8. The van der Waals surface area contributed by atoms with E-state index < -0.39 is 12.8 Å². The zero-order valence-electron chi connectivity index (χ0n) is 6.85. The minimum absolute atomic E-state index is 0.0405. The van der Waals surface area contributed by atoms with Gasteiger partial charge in [-0.1, -0.05) is 23.7 Å². The van der Waals surface area contributed by atoms with E-state index in [0.29, 0.717) is 0 Å². The predicted molar refractivity (Wildman–Crippen MR) is 49.5 cm³/mol. The molecule has 0 radical (unpaired) electrons. The molecule has 1 aromatic carbocycles. The molecule has 0 N–H and O–H groups in total. The SMILES string of the molecule is Fc1ccc(/C=C/[B-](F)(F)F)c(Cl)c1. The largest absolute Gasteiger partial charge is 0.502 e. The van der Waals surface area contributed by atoms with Crippen molar-refractivity contribution in [2.24, 2.45) is 0 Å². The maximum Gasteiger partial charge on any atom is 0.502 e. The summed E-state index contributed by atoms with van der Waals surface area (Å²) in [6, 6.07) is 3.20. The van der Waals surface area contributed by atoms with Crippen molar-refractivity contribution in [2.45, 2.75) is 0 Å². The van der Waals surface area contributed by atoms with E-state index in [1.807, 2.05) is 0 Å². The van der Waals surface area contributed by atoms with Gasteiger partial charge in [0.15, 0.2) is 0 Å². The van der Waals surface area contributed by atoms with Gasteiger partial charge in [-0.2, -0.15) is 0 Å². The van der Waals surface area contributed by atoms with E-state index in [-0.39, 0.29) is 16.6 Å². The van der Waals surface area contributed by atoms with Crippen molar-refractivity contribution in [3.05, 3.63) is 40.6 Å². The summed E-state index contributed by atoms with van der Waals surface area (Å²) in [4.78, 5) is 0. The lowest BCUT2D eigenvalue weighted by Gasteiger charge is -2.06. The summed E-state index contributed by atoms with van der Waals surface area (Å²) >= 11 is 5.51. The molecular formula is C8H5BClF4-. The minimum atomic E-state index is -4.98. The lowest BCUT2D eigenvalue weighted by Crippen LogP contribution is -2.09. The molecule has 14 heavy (non-hydrogen) atoms. The van der Waals surface area contributed by atoms with E-state index in [2.05, 4.69) is 0 Å². The zero-order valence-corrected chi connectivity index (χ0v) is 7.61. The van der Waals surface area contributed by atoms with Crippen molar-refractivity contribution in [1.82, 2.24) is 0 Å². The molecule has 0 unspecified atom stereocenters. The van der Waals surface area contributed by atoms with Crippen molar-refractivity contribution in [1.29, 1.82) is 0 Å². The lowest BCUT2D eigenvalue weighted by molar-refractivity contribution is 0.499. The Morgan fingerprint density at radius 3 is 2.36 bits per heavy atom. The van der Waals surface area contributed by atoms with Crippen LogP contribution >= 0.6 is 11.6 Å². The molecule has 0 atom stereocenters. The molecule has 1 aromatic rings. The van der Waals surface area contributed by atoms with E-state index in [4.69, 9.17) is 11.6 Å². The molecule has 76 valence electrons. The first-order valence-electron chi connectivity index (χ1n) is 3.73. The first kappa shape index (κ1) is 11.1. The first-order chi connectivity index (χ1) is 6.38. The fraction of sp³-hybridized carbons (Fsp3) is 0. The van der Waals surface area contributed by atoms with Crippen LogP contribution in [0, 0.1) is 5.82 Å². The van der Waals surface area contributed by atoms with Gasteiger partial charge in [-0.25, -0.2) is 4.39 Å². The number of benzene rings is 1. The van der Waals surface area contributed by atoms with Gasteiger partial charge in [0.25, 0.3) is 0 Å². The van der Waals surface area contributed by atoms with E-state index >= 15 is 0 Å². The predicted octanol–water partition coefficient (Wildman–Crippen LogP) is 3.88. The standard InChI is InChI=1S/C8H5BClF4/c10-8-5-7(11)2-1-6(8)3-4-9(12,13)14/h1-5H/q-1/b4-3+. The van der Waals surface area contributed by atoms with Gasteiger partial charge in [-0.3, -0.25) is 0 Å². The topological polar surface area (TPSA) is 0 Å². The van der Waals surface area contributed by atoms with Crippen LogP contribution in [0.2, 0.25) is 5.02 Å². The van der Waals surface area contributed by atoms with Crippen LogP contribution in [0.3, 0.4) is 0 Å². The highest BCUT2D eigenvalue weighted by Crippen LogP contribution is 2.20. The molecule has 0 saturated carbocycles. The van der Waals surface area contributed by atoms with Crippen LogP contribution in [0.4, 0.5) is 17.3 Å². The summed E-state index contributed by atoms with van der Waals surface area (Å²) in [5.74, 6) is -0.469. The van der Waals surface area contributed by atoms with Gasteiger partial charge in [0.05, 0.1) is 5.02 Å². The molecule has 0 fully saturated rings. The van der Waals surface area contributed by atoms with Crippen LogP contribution < -0.4 is 0 Å². The summed E-state index contributed by atoms with van der Waals surface area (Å²) in [6.45, 7) is -4.98. The summed E-state index contributed by atoms with van der Waals surface area (Å²) < 4.78 is 47.9. The second kappa shape index (κ2) is 4.04. The number of hydrogen-bond acceptors (Lipinski definition) is 0. The highest BCUT2D eigenvalue weighted by atomic mass is 35.5. The Morgan fingerprint density at radius 1 is 1.21 bits per heavy atom. The highest BCUT2D eigenvalue weighted by Gasteiger charge is 2.17. The molecule has 0 amide bonds. The summed E-state index contributed by atoms with van der Waals surface area (Å²) in [6.07, 6.45) is 0.821. The molecule has 0 aliphatic heterocycles. The molecule has 0 spiro atoms. The molecule has 0 saturated heterocycles. The molecule has 0 aliphatic carbocycles. The van der Waals surface area contributed by atoms with Crippen molar-refractivity contribution in [3.63, 3.8) is 0 Å². The normalized spacial score (nSPS) is 12.4. The Labute approximate surface area is 83.2 Å². The van der Waals surface area contributed by atoms with Gasteiger partial charge in [0.1, 0.15) is 5.82 Å². The fourth-order valence-electron chi connectivity index (χ4n) is 0.849. The quantitative estimate of drug-likeness (QED) is 0.527. The third-order valence-corrected chi connectivity index (χ3v) is 1.78. The third kappa shape index (κ3) is 3.42. The van der Waals surface area contributed by atoms with Gasteiger partial charge >= 0.3 is 6.98 Å². The molecule has 0 heterocycles. The Balaban J connectivity index is 2.93. The van der Waals surface area contributed by atoms with Crippen molar-refractivity contribution in [3.8, 4) is 0 Å². The van der Waals surface area contributed by atoms with Crippen LogP contribution in [0.1, 0.15) is 5.56 Å². The molecule has 1 rings (SSSR count). The van der Waals surface area contributed by atoms with E-state index in [1.54, 1.807) is 0 Å². The van der Waals surface area contributed by atoms with Crippen molar-refractivity contribution < 1.29 is 17.3 Å². The first-order valence-corrected chi connectivity index (χ1v) is 4.10. The van der Waals surface area contributed by atoms with Crippen molar-refractivity contribution >= 4 is 24.7 Å². The minimum Gasteiger partial charge on any atom is -0.445 e. The Morgan fingerprint density at radius 2 is 1.86 bits per heavy atom. The lowest BCUT2D eigenvalue weighted by atomic mass is 9.90. The summed E-state index contributed by atoms with van der Waals surface area (Å²) in [5.41, 5.74) is 0.146. The number of hydrogen-bond donors (Lipinski definition) is 0. The van der Waals surface area contributed by atoms with Crippen LogP contribution in [0.15, 0.2) is 24.2 Å². The van der Waals surface area contributed by atoms with Gasteiger partial charge in [-0.15, -0.1) is 5.98 Å². The van der Waals surface area contributed by atoms with E-state index in [0.717, 1.165) is 18.2 Å². The monoisotopic (exact) mass is 223 g/mol. The summed E-state index contributed by atoms with van der Waals surface area (Å²) in [5, 5.41) is -0.0405. The van der Waals surface area contributed by atoms with E-state index in [9.17, 15) is 17.3 Å². The number of halogens is 5. The summed E-state index contributed by atoms with van der Waals surface area (Å²) in [7, 11) is 0. The third-order valence-electron chi connectivity index (χ3n) is 1.46. The highest BCUT2D eigenvalue weighted by molar-refractivity contribution is 6.65. The second-order valence-electron chi connectivity index (χ2n) is 2.65. The molecule has 0 nitrogen and oxygen atoms in total. The Hall–Kier alpha value is -0.965. The van der Waals surface area contributed by atoms with E-state index in [1.165, 1.54) is 6.07 Å². The maximum absolute atomic E-state index is 12.5. The number of rotatable bonds is 2. The fourth-order valence-corrected chi connectivity index (χ4v) is 1.08. The molecule has 6 heteroatoms. The van der Waals surface area contributed by atoms with Crippen LogP contribution in [-0.2, 0) is 0 Å². The average molecular weight is 223 g/mol. The van der Waals surface area contributed by atoms with Crippen molar-refractivity contribution in [2.75, 3.05) is 0 Å². The molecule has 0 bridgehead atoms. The molecule has 0 aliphatic rings.